The smallest absolute Gasteiger partial charge is 0.119 e. The zero-order valence-electron chi connectivity index (χ0n) is 10.6. The van der Waals surface area contributed by atoms with Crippen molar-refractivity contribution in [3.8, 4) is 11.5 Å². The van der Waals surface area contributed by atoms with Gasteiger partial charge < -0.3 is 10.2 Å². The third-order valence-electron chi connectivity index (χ3n) is 3.92. The second kappa shape index (κ2) is 4.96. The van der Waals surface area contributed by atoms with Gasteiger partial charge in [0, 0.05) is 18.2 Å². The van der Waals surface area contributed by atoms with E-state index in [1.54, 1.807) is 12.1 Å². The van der Waals surface area contributed by atoms with Crippen molar-refractivity contribution in [2.24, 2.45) is 0 Å². The minimum Gasteiger partial charge on any atom is -0.508 e. The van der Waals surface area contributed by atoms with Crippen LogP contribution in [0.3, 0.4) is 0 Å². The van der Waals surface area contributed by atoms with Crippen LogP contribution < -0.4 is 0 Å². The zero-order valence-corrected chi connectivity index (χ0v) is 10.6. The minimum absolute atomic E-state index is 0.131. The Labute approximate surface area is 103 Å². The Kier molecular flexibility index (Phi) is 3.57. The topological polar surface area (TPSA) is 43.7 Å². The summed E-state index contributed by atoms with van der Waals surface area (Å²) in [6.07, 6.45) is 5.14. The Morgan fingerprint density at radius 1 is 1.12 bits per heavy atom. The first kappa shape index (κ1) is 12.2. The molecule has 1 aromatic rings. The van der Waals surface area contributed by atoms with Crippen molar-refractivity contribution in [3.05, 3.63) is 23.8 Å². The molecule has 1 unspecified atom stereocenters. The second-order valence-corrected chi connectivity index (χ2v) is 5.06. The SMILES string of the molecule is CC(c1cc(O)cc(O)c1)N(C)C1CCCC1. The maximum Gasteiger partial charge on any atom is 0.119 e. The van der Waals surface area contributed by atoms with Gasteiger partial charge in [-0.2, -0.15) is 0 Å². The van der Waals surface area contributed by atoms with Crippen LogP contribution in [0.4, 0.5) is 0 Å². The molecule has 0 amide bonds. The molecule has 17 heavy (non-hydrogen) atoms. The van der Waals surface area contributed by atoms with E-state index < -0.39 is 0 Å². The average molecular weight is 235 g/mol. The summed E-state index contributed by atoms with van der Waals surface area (Å²) in [6, 6.07) is 5.68. The van der Waals surface area contributed by atoms with Crippen LogP contribution in [-0.4, -0.2) is 28.2 Å². The molecular formula is C14H21NO2. The molecule has 0 aromatic heterocycles. The third-order valence-corrected chi connectivity index (χ3v) is 3.92. The molecule has 0 aliphatic heterocycles. The molecule has 0 heterocycles. The van der Waals surface area contributed by atoms with Crippen LogP contribution in [-0.2, 0) is 0 Å². The van der Waals surface area contributed by atoms with Crippen molar-refractivity contribution >= 4 is 0 Å². The molecule has 3 nitrogen and oxygen atoms in total. The van der Waals surface area contributed by atoms with E-state index in [4.69, 9.17) is 0 Å². The molecule has 1 aliphatic carbocycles. The lowest BCUT2D eigenvalue weighted by atomic mass is 10.0. The molecule has 0 saturated heterocycles. The van der Waals surface area contributed by atoms with Gasteiger partial charge in [-0.3, -0.25) is 4.90 Å². The van der Waals surface area contributed by atoms with Crippen molar-refractivity contribution in [1.29, 1.82) is 0 Å². The zero-order chi connectivity index (χ0) is 12.4. The normalized spacial score (nSPS) is 18.8. The molecule has 3 heteroatoms. The van der Waals surface area contributed by atoms with Gasteiger partial charge in [-0.15, -0.1) is 0 Å². The van der Waals surface area contributed by atoms with Crippen molar-refractivity contribution < 1.29 is 10.2 Å². The van der Waals surface area contributed by atoms with Gasteiger partial charge in [-0.1, -0.05) is 12.8 Å². The Hall–Kier alpha value is -1.22. The van der Waals surface area contributed by atoms with Crippen LogP contribution in [0.25, 0.3) is 0 Å². The number of hydrogen-bond donors (Lipinski definition) is 2. The van der Waals surface area contributed by atoms with Crippen LogP contribution in [0.1, 0.15) is 44.2 Å². The first-order chi connectivity index (χ1) is 8.08. The molecule has 1 fully saturated rings. The maximum atomic E-state index is 9.51. The average Bonchev–Trinajstić information content (AvgIpc) is 2.79. The summed E-state index contributed by atoms with van der Waals surface area (Å²) >= 11 is 0. The van der Waals surface area contributed by atoms with Crippen molar-refractivity contribution in [1.82, 2.24) is 4.90 Å². The monoisotopic (exact) mass is 235 g/mol. The van der Waals surface area contributed by atoms with E-state index in [0.29, 0.717) is 6.04 Å². The van der Waals surface area contributed by atoms with E-state index in [9.17, 15) is 10.2 Å². The van der Waals surface area contributed by atoms with E-state index in [0.717, 1.165) is 5.56 Å². The van der Waals surface area contributed by atoms with Gasteiger partial charge >= 0.3 is 0 Å². The van der Waals surface area contributed by atoms with E-state index in [1.807, 2.05) is 0 Å². The fourth-order valence-corrected chi connectivity index (χ4v) is 2.72. The number of phenols is 2. The molecule has 1 saturated carbocycles. The fraction of sp³-hybridized carbons (Fsp3) is 0.571. The number of phenolic OH excluding ortho intramolecular Hbond substituents is 2. The summed E-state index contributed by atoms with van der Waals surface area (Å²) in [4.78, 5) is 2.35. The third kappa shape index (κ3) is 2.72. The molecule has 0 spiro atoms. The highest BCUT2D eigenvalue weighted by Crippen LogP contribution is 2.32. The molecule has 0 radical (unpaired) electrons. The van der Waals surface area contributed by atoms with Crippen molar-refractivity contribution in [2.75, 3.05) is 7.05 Å². The molecule has 94 valence electrons. The number of nitrogens with zero attached hydrogens (tertiary/aromatic N) is 1. The van der Waals surface area contributed by atoms with Gasteiger partial charge in [0.05, 0.1) is 0 Å². The number of rotatable bonds is 3. The second-order valence-electron chi connectivity index (χ2n) is 5.06. The van der Waals surface area contributed by atoms with Gasteiger partial charge in [0.25, 0.3) is 0 Å². The highest BCUT2D eigenvalue weighted by molar-refractivity contribution is 5.38. The predicted octanol–water partition coefficient (Wildman–Crippen LogP) is 3.03. The molecule has 1 atom stereocenters. The maximum absolute atomic E-state index is 9.51. The van der Waals surface area contributed by atoms with E-state index >= 15 is 0 Å². The van der Waals surface area contributed by atoms with Gasteiger partial charge in [0.2, 0.25) is 0 Å². The summed E-state index contributed by atoms with van der Waals surface area (Å²) in [5, 5.41) is 19.0. The highest BCUT2D eigenvalue weighted by atomic mass is 16.3. The van der Waals surface area contributed by atoms with Crippen LogP contribution in [0.15, 0.2) is 18.2 Å². The lowest BCUT2D eigenvalue weighted by molar-refractivity contribution is 0.187. The summed E-state index contributed by atoms with van der Waals surface area (Å²) in [5.74, 6) is 0.262. The highest BCUT2D eigenvalue weighted by Gasteiger charge is 2.24. The van der Waals surface area contributed by atoms with Crippen LogP contribution in [0.5, 0.6) is 11.5 Å². The summed E-state index contributed by atoms with van der Waals surface area (Å²) in [5.41, 5.74) is 0.969. The van der Waals surface area contributed by atoms with Gasteiger partial charge in [-0.05, 0) is 44.5 Å². The van der Waals surface area contributed by atoms with Gasteiger partial charge in [-0.25, -0.2) is 0 Å². The van der Waals surface area contributed by atoms with Gasteiger partial charge in [0.15, 0.2) is 0 Å². The standard InChI is InChI=1S/C14H21NO2/c1-10(15(2)12-5-3-4-6-12)11-7-13(16)9-14(17)8-11/h7-10,12,16-17H,3-6H2,1-2H3. The fourth-order valence-electron chi connectivity index (χ4n) is 2.72. The lowest BCUT2D eigenvalue weighted by Gasteiger charge is -2.31. The largest absolute Gasteiger partial charge is 0.508 e. The Bertz CT molecular complexity index is 366. The Morgan fingerprint density at radius 2 is 1.65 bits per heavy atom. The van der Waals surface area contributed by atoms with E-state index in [-0.39, 0.29) is 17.5 Å². The van der Waals surface area contributed by atoms with E-state index in [1.165, 1.54) is 31.7 Å². The molecular weight excluding hydrogens is 214 g/mol. The first-order valence-electron chi connectivity index (χ1n) is 6.33. The number of hydrogen-bond acceptors (Lipinski definition) is 3. The predicted molar refractivity (Wildman–Crippen MR) is 68.2 cm³/mol. The first-order valence-corrected chi connectivity index (χ1v) is 6.33. The molecule has 1 aliphatic rings. The molecule has 0 bridgehead atoms. The minimum atomic E-state index is 0.131. The van der Waals surface area contributed by atoms with Crippen LogP contribution in [0, 0.1) is 0 Å². The summed E-state index contributed by atoms with van der Waals surface area (Å²) in [7, 11) is 2.13. The van der Waals surface area contributed by atoms with E-state index in [2.05, 4.69) is 18.9 Å². The molecule has 2 N–H and O–H groups in total. The van der Waals surface area contributed by atoms with Crippen molar-refractivity contribution in [2.45, 2.75) is 44.7 Å². The van der Waals surface area contributed by atoms with Crippen molar-refractivity contribution in [3.63, 3.8) is 0 Å². The Balaban J connectivity index is 2.14. The number of benzene rings is 1. The molecule has 2 rings (SSSR count). The summed E-state index contributed by atoms with van der Waals surface area (Å²) in [6.45, 7) is 2.12. The van der Waals surface area contributed by atoms with Crippen LogP contribution in [0.2, 0.25) is 0 Å². The quantitative estimate of drug-likeness (QED) is 0.846. The summed E-state index contributed by atoms with van der Waals surface area (Å²) < 4.78 is 0. The van der Waals surface area contributed by atoms with Gasteiger partial charge in [0.1, 0.15) is 11.5 Å². The lowest BCUT2D eigenvalue weighted by Crippen LogP contribution is -2.31. The Morgan fingerprint density at radius 3 is 2.18 bits per heavy atom. The number of aromatic hydroxyl groups is 2. The van der Waals surface area contributed by atoms with Crippen LogP contribution >= 0.6 is 0 Å². The molecule has 1 aromatic carbocycles.